The lowest BCUT2D eigenvalue weighted by atomic mass is 10.2. The molecule has 2 aromatic rings. The molecule has 1 fully saturated rings. The number of hydrogen-bond acceptors (Lipinski definition) is 3. The fraction of sp³-hybridized carbons (Fsp3) is 0.350. The van der Waals surface area contributed by atoms with Gasteiger partial charge in [-0.1, -0.05) is 12.1 Å². The lowest BCUT2D eigenvalue weighted by Crippen LogP contribution is -2.39. The third kappa shape index (κ3) is 4.07. The molecule has 4 nitrogen and oxygen atoms in total. The normalized spacial score (nSPS) is 15.2. The summed E-state index contributed by atoms with van der Waals surface area (Å²) in [5.41, 5.74) is 2.09. The number of anilines is 1. The molecule has 1 saturated heterocycles. The maximum Gasteiger partial charge on any atom is 0.244 e. The van der Waals surface area contributed by atoms with E-state index in [2.05, 4.69) is 5.32 Å². The Kier molecular flexibility index (Phi) is 5.04. The van der Waals surface area contributed by atoms with Crippen LogP contribution in [0.4, 0.5) is 5.69 Å². The molecule has 0 saturated carbocycles. The molecule has 3 rings (SSSR count). The molecule has 1 aliphatic heterocycles. The molecular weight excluding hydrogens is 300 g/mol. The topological polar surface area (TPSA) is 41.6 Å². The largest absolute Gasteiger partial charge is 0.457 e. The van der Waals surface area contributed by atoms with Crippen LogP contribution < -0.4 is 10.1 Å². The van der Waals surface area contributed by atoms with Gasteiger partial charge in [-0.3, -0.25) is 4.79 Å². The van der Waals surface area contributed by atoms with Crippen molar-refractivity contribution in [2.24, 2.45) is 0 Å². The standard InChI is InChI=1S/C20H24N2O2/c1-15-6-5-7-19(14-15)24-18-10-8-17(9-11-18)21-16(2)20(23)22-12-3-4-13-22/h5-11,14,16,21H,3-4,12-13H2,1-2H3/t16-/m0/s1. The summed E-state index contributed by atoms with van der Waals surface area (Å²) in [6, 6.07) is 15.5. The number of amides is 1. The highest BCUT2D eigenvalue weighted by Crippen LogP contribution is 2.24. The zero-order valence-corrected chi connectivity index (χ0v) is 14.3. The fourth-order valence-electron chi connectivity index (χ4n) is 2.96. The van der Waals surface area contributed by atoms with Crippen LogP contribution in [0.15, 0.2) is 48.5 Å². The highest BCUT2D eigenvalue weighted by Gasteiger charge is 2.22. The summed E-state index contributed by atoms with van der Waals surface area (Å²) in [6.45, 7) is 5.72. The number of nitrogens with zero attached hydrogens (tertiary/aromatic N) is 1. The lowest BCUT2D eigenvalue weighted by molar-refractivity contribution is -0.130. The molecule has 0 radical (unpaired) electrons. The van der Waals surface area contributed by atoms with Crippen molar-refractivity contribution in [1.82, 2.24) is 4.90 Å². The minimum Gasteiger partial charge on any atom is -0.457 e. The average Bonchev–Trinajstić information content (AvgIpc) is 3.10. The highest BCUT2D eigenvalue weighted by atomic mass is 16.5. The van der Waals surface area contributed by atoms with Crippen LogP contribution in [0.5, 0.6) is 11.5 Å². The molecule has 0 aliphatic carbocycles. The maximum absolute atomic E-state index is 12.3. The number of carbonyl (C=O) groups excluding carboxylic acids is 1. The molecular formula is C20H24N2O2. The fourth-order valence-corrected chi connectivity index (χ4v) is 2.96. The molecule has 1 N–H and O–H groups in total. The number of likely N-dealkylation sites (tertiary alicyclic amines) is 1. The van der Waals surface area contributed by atoms with Crippen molar-refractivity contribution in [2.45, 2.75) is 32.7 Å². The number of aryl methyl sites for hydroxylation is 1. The molecule has 0 aromatic heterocycles. The van der Waals surface area contributed by atoms with Crippen LogP contribution >= 0.6 is 0 Å². The Bertz CT molecular complexity index is 691. The van der Waals surface area contributed by atoms with Crippen LogP contribution in [0.25, 0.3) is 0 Å². The number of nitrogens with one attached hydrogen (secondary N) is 1. The van der Waals surface area contributed by atoms with Crippen LogP contribution in [0.1, 0.15) is 25.3 Å². The van der Waals surface area contributed by atoms with Gasteiger partial charge in [0.1, 0.15) is 17.5 Å². The maximum atomic E-state index is 12.3. The predicted octanol–water partition coefficient (Wildman–Crippen LogP) is 4.21. The van der Waals surface area contributed by atoms with E-state index in [1.165, 1.54) is 5.56 Å². The van der Waals surface area contributed by atoms with Gasteiger partial charge in [-0.05, 0) is 68.7 Å². The number of ether oxygens (including phenoxy) is 1. The van der Waals surface area contributed by atoms with Gasteiger partial charge in [0.2, 0.25) is 5.91 Å². The second-order valence-electron chi connectivity index (χ2n) is 6.34. The third-order valence-electron chi connectivity index (χ3n) is 4.25. The summed E-state index contributed by atoms with van der Waals surface area (Å²) in [5, 5.41) is 3.27. The highest BCUT2D eigenvalue weighted by molar-refractivity contribution is 5.84. The summed E-state index contributed by atoms with van der Waals surface area (Å²) in [6.07, 6.45) is 2.23. The first kappa shape index (κ1) is 16.4. The van der Waals surface area contributed by atoms with Gasteiger partial charge in [0.25, 0.3) is 0 Å². The molecule has 4 heteroatoms. The van der Waals surface area contributed by atoms with E-state index in [1.807, 2.05) is 67.3 Å². The van der Waals surface area contributed by atoms with E-state index in [0.29, 0.717) is 0 Å². The van der Waals surface area contributed by atoms with Crippen molar-refractivity contribution in [3.05, 3.63) is 54.1 Å². The third-order valence-corrected chi connectivity index (χ3v) is 4.25. The van der Waals surface area contributed by atoms with Gasteiger partial charge in [-0.2, -0.15) is 0 Å². The van der Waals surface area contributed by atoms with E-state index in [1.54, 1.807) is 0 Å². The summed E-state index contributed by atoms with van der Waals surface area (Å²) < 4.78 is 5.84. The molecule has 126 valence electrons. The van der Waals surface area contributed by atoms with Crippen LogP contribution in [0.2, 0.25) is 0 Å². The Morgan fingerprint density at radius 1 is 1.08 bits per heavy atom. The van der Waals surface area contributed by atoms with Crippen LogP contribution in [-0.4, -0.2) is 29.9 Å². The minimum absolute atomic E-state index is 0.174. The van der Waals surface area contributed by atoms with Crippen molar-refractivity contribution < 1.29 is 9.53 Å². The first-order chi connectivity index (χ1) is 11.6. The van der Waals surface area contributed by atoms with Gasteiger partial charge in [-0.25, -0.2) is 0 Å². The monoisotopic (exact) mass is 324 g/mol. The number of carbonyl (C=O) groups is 1. The number of hydrogen-bond donors (Lipinski definition) is 1. The zero-order chi connectivity index (χ0) is 16.9. The lowest BCUT2D eigenvalue weighted by Gasteiger charge is -2.22. The predicted molar refractivity (Wildman–Crippen MR) is 96.6 cm³/mol. The molecule has 0 spiro atoms. The van der Waals surface area contributed by atoms with Crippen LogP contribution in [0.3, 0.4) is 0 Å². The Morgan fingerprint density at radius 2 is 1.79 bits per heavy atom. The summed E-state index contributed by atoms with van der Waals surface area (Å²) in [4.78, 5) is 14.3. The molecule has 1 aliphatic rings. The first-order valence-electron chi connectivity index (χ1n) is 8.52. The second kappa shape index (κ2) is 7.39. The van der Waals surface area contributed by atoms with E-state index in [9.17, 15) is 4.79 Å². The zero-order valence-electron chi connectivity index (χ0n) is 14.3. The van der Waals surface area contributed by atoms with Crippen molar-refractivity contribution in [3.63, 3.8) is 0 Å². The Labute approximate surface area is 143 Å². The van der Waals surface area contributed by atoms with E-state index >= 15 is 0 Å². The molecule has 0 unspecified atom stereocenters. The van der Waals surface area contributed by atoms with Crippen LogP contribution in [-0.2, 0) is 4.79 Å². The van der Waals surface area contributed by atoms with Gasteiger partial charge in [-0.15, -0.1) is 0 Å². The Balaban J connectivity index is 1.58. The first-order valence-corrected chi connectivity index (χ1v) is 8.52. The smallest absolute Gasteiger partial charge is 0.244 e. The Hall–Kier alpha value is -2.49. The van der Waals surface area contributed by atoms with Gasteiger partial charge in [0.15, 0.2) is 0 Å². The SMILES string of the molecule is Cc1cccc(Oc2ccc(N[C@@H](C)C(=O)N3CCCC3)cc2)c1. The molecule has 1 atom stereocenters. The van der Waals surface area contributed by atoms with E-state index in [0.717, 1.165) is 43.1 Å². The second-order valence-corrected chi connectivity index (χ2v) is 6.34. The minimum atomic E-state index is -0.216. The quantitative estimate of drug-likeness (QED) is 0.896. The summed E-state index contributed by atoms with van der Waals surface area (Å²) >= 11 is 0. The molecule has 2 aromatic carbocycles. The van der Waals surface area contributed by atoms with E-state index < -0.39 is 0 Å². The van der Waals surface area contributed by atoms with E-state index in [-0.39, 0.29) is 11.9 Å². The van der Waals surface area contributed by atoms with E-state index in [4.69, 9.17) is 4.74 Å². The Morgan fingerprint density at radius 3 is 2.46 bits per heavy atom. The van der Waals surface area contributed by atoms with Gasteiger partial charge >= 0.3 is 0 Å². The van der Waals surface area contributed by atoms with Gasteiger partial charge in [0.05, 0.1) is 0 Å². The van der Waals surface area contributed by atoms with Gasteiger partial charge < -0.3 is 15.0 Å². The number of benzene rings is 2. The van der Waals surface area contributed by atoms with Crippen molar-refractivity contribution in [2.75, 3.05) is 18.4 Å². The molecule has 0 bridgehead atoms. The van der Waals surface area contributed by atoms with Crippen molar-refractivity contribution in [1.29, 1.82) is 0 Å². The summed E-state index contributed by atoms with van der Waals surface area (Å²) in [5.74, 6) is 1.78. The van der Waals surface area contributed by atoms with Crippen molar-refractivity contribution in [3.8, 4) is 11.5 Å². The number of rotatable bonds is 5. The summed E-state index contributed by atoms with van der Waals surface area (Å²) in [7, 11) is 0. The van der Waals surface area contributed by atoms with Crippen LogP contribution in [0, 0.1) is 6.92 Å². The van der Waals surface area contributed by atoms with Crippen molar-refractivity contribution >= 4 is 11.6 Å². The molecule has 24 heavy (non-hydrogen) atoms. The molecule has 1 heterocycles. The van der Waals surface area contributed by atoms with Gasteiger partial charge in [0, 0.05) is 18.8 Å². The average molecular weight is 324 g/mol. The molecule has 1 amide bonds.